The molecule has 0 aliphatic rings. The second-order valence-corrected chi connectivity index (χ2v) is 5.17. The number of esters is 1. The number of rotatable bonds is 5. The van der Waals surface area contributed by atoms with Gasteiger partial charge in [0.25, 0.3) is 11.6 Å². The summed E-state index contributed by atoms with van der Waals surface area (Å²) >= 11 is 5.73. The Hall–Kier alpha value is -3.44. The van der Waals surface area contributed by atoms with Gasteiger partial charge in [-0.15, -0.1) is 0 Å². The highest BCUT2D eigenvalue weighted by Crippen LogP contribution is 2.23. The summed E-state index contributed by atoms with van der Waals surface area (Å²) in [6.07, 6.45) is 0. The van der Waals surface area contributed by atoms with Crippen LogP contribution in [0.4, 0.5) is 11.4 Å². The van der Waals surface area contributed by atoms with Crippen LogP contribution in [0.5, 0.6) is 0 Å². The molecule has 25 heavy (non-hydrogen) atoms. The molecule has 8 nitrogen and oxygen atoms in total. The first-order chi connectivity index (χ1) is 11.9. The average Bonchev–Trinajstić information content (AvgIpc) is 2.59. The highest BCUT2D eigenvalue weighted by Gasteiger charge is 2.22. The van der Waals surface area contributed by atoms with E-state index in [1.807, 2.05) is 6.07 Å². The number of nitrogens with zero attached hydrogens (tertiary/aromatic N) is 2. The summed E-state index contributed by atoms with van der Waals surface area (Å²) in [7, 11) is 0. The third-order valence-electron chi connectivity index (χ3n) is 2.98. The number of hydrogen-bond acceptors (Lipinski definition) is 6. The van der Waals surface area contributed by atoms with Gasteiger partial charge < -0.3 is 10.1 Å². The van der Waals surface area contributed by atoms with Gasteiger partial charge in [-0.2, -0.15) is 5.26 Å². The molecule has 0 bridgehead atoms. The van der Waals surface area contributed by atoms with E-state index in [1.54, 1.807) is 18.2 Å². The number of carbonyl (C=O) groups excluding carboxylic acids is 2. The van der Waals surface area contributed by atoms with E-state index in [1.165, 1.54) is 12.1 Å². The maximum absolute atomic E-state index is 12.0. The van der Waals surface area contributed by atoms with Crippen LogP contribution in [-0.4, -0.2) is 23.4 Å². The van der Waals surface area contributed by atoms with Gasteiger partial charge in [-0.3, -0.25) is 14.9 Å². The molecule has 2 rings (SSSR count). The Morgan fingerprint density at radius 1 is 1.28 bits per heavy atom. The summed E-state index contributed by atoms with van der Waals surface area (Å²) < 4.78 is 4.79. The normalized spacial score (nSPS) is 9.76. The van der Waals surface area contributed by atoms with Crippen LogP contribution in [0.25, 0.3) is 0 Å². The number of benzene rings is 2. The van der Waals surface area contributed by atoms with Crippen LogP contribution in [0.3, 0.4) is 0 Å². The van der Waals surface area contributed by atoms with Gasteiger partial charge in [0.15, 0.2) is 6.61 Å². The Morgan fingerprint density at radius 3 is 2.72 bits per heavy atom. The van der Waals surface area contributed by atoms with Crippen LogP contribution in [0, 0.1) is 21.4 Å². The van der Waals surface area contributed by atoms with E-state index in [0.717, 1.165) is 12.1 Å². The van der Waals surface area contributed by atoms with Crippen LogP contribution in [0.2, 0.25) is 5.02 Å². The lowest BCUT2D eigenvalue weighted by Gasteiger charge is -2.07. The van der Waals surface area contributed by atoms with Crippen molar-refractivity contribution in [3.63, 3.8) is 0 Å². The molecule has 0 spiro atoms. The van der Waals surface area contributed by atoms with Gasteiger partial charge in [0.1, 0.15) is 5.56 Å². The first-order valence-corrected chi connectivity index (χ1v) is 7.19. The first kappa shape index (κ1) is 17.9. The predicted molar refractivity (Wildman–Crippen MR) is 88.2 cm³/mol. The van der Waals surface area contributed by atoms with Gasteiger partial charge in [-0.1, -0.05) is 17.7 Å². The molecule has 0 unspecified atom stereocenters. The number of amides is 1. The fourth-order valence-electron chi connectivity index (χ4n) is 1.90. The molecule has 0 heterocycles. The molecule has 0 aliphatic carbocycles. The summed E-state index contributed by atoms with van der Waals surface area (Å²) in [6, 6.07) is 11.5. The van der Waals surface area contributed by atoms with Gasteiger partial charge in [-0.05, 0) is 30.3 Å². The maximum Gasteiger partial charge on any atom is 0.345 e. The number of nitro groups is 1. The van der Waals surface area contributed by atoms with Crippen molar-refractivity contribution in [3.05, 3.63) is 68.7 Å². The van der Waals surface area contributed by atoms with Crippen LogP contribution in [0.1, 0.15) is 15.9 Å². The molecule has 1 amide bonds. The molecule has 0 atom stereocenters. The van der Waals surface area contributed by atoms with Crippen LogP contribution < -0.4 is 5.32 Å². The summed E-state index contributed by atoms with van der Waals surface area (Å²) in [5.74, 6) is -1.71. The number of nitro benzene ring substituents is 1. The number of nitrogens with one attached hydrogen (secondary N) is 1. The van der Waals surface area contributed by atoms with Crippen molar-refractivity contribution in [2.45, 2.75) is 0 Å². The fourth-order valence-corrected chi connectivity index (χ4v) is 2.08. The van der Waals surface area contributed by atoms with Crippen molar-refractivity contribution in [1.29, 1.82) is 5.26 Å². The van der Waals surface area contributed by atoms with E-state index < -0.39 is 29.1 Å². The molecular formula is C16H10ClN3O5. The molecule has 2 aromatic carbocycles. The lowest BCUT2D eigenvalue weighted by Crippen LogP contribution is -2.21. The van der Waals surface area contributed by atoms with Crippen molar-refractivity contribution in [2.24, 2.45) is 0 Å². The van der Waals surface area contributed by atoms with E-state index >= 15 is 0 Å². The second-order valence-electron chi connectivity index (χ2n) is 4.74. The van der Waals surface area contributed by atoms with Gasteiger partial charge in [0.05, 0.1) is 16.6 Å². The number of hydrogen-bond donors (Lipinski definition) is 1. The third kappa shape index (κ3) is 4.76. The first-order valence-electron chi connectivity index (χ1n) is 6.82. The zero-order valence-corrected chi connectivity index (χ0v) is 13.3. The van der Waals surface area contributed by atoms with E-state index in [2.05, 4.69) is 5.32 Å². The molecule has 9 heteroatoms. The lowest BCUT2D eigenvalue weighted by molar-refractivity contribution is -0.385. The maximum atomic E-state index is 12.0. The fraction of sp³-hybridized carbons (Fsp3) is 0.0625. The monoisotopic (exact) mass is 359 g/mol. The highest BCUT2D eigenvalue weighted by molar-refractivity contribution is 6.31. The molecular weight excluding hydrogens is 350 g/mol. The summed E-state index contributed by atoms with van der Waals surface area (Å²) in [6.45, 7) is -0.653. The molecule has 0 saturated carbocycles. The van der Waals surface area contributed by atoms with E-state index in [0.29, 0.717) is 11.3 Å². The summed E-state index contributed by atoms with van der Waals surface area (Å²) in [5.41, 5.74) is -0.119. The highest BCUT2D eigenvalue weighted by atomic mass is 35.5. The van der Waals surface area contributed by atoms with E-state index in [9.17, 15) is 19.7 Å². The minimum Gasteiger partial charge on any atom is -0.452 e. The molecule has 0 aromatic heterocycles. The van der Waals surface area contributed by atoms with Crippen molar-refractivity contribution in [2.75, 3.05) is 11.9 Å². The standard InChI is InChI=1S/C16H10ClN3O5/c17-11-4-5-14(20(23)24)13(7-11)16(22)25-9-15(21)19-12-3-1-2-10(6-12)8-18/h1-7H,9H2,(H,19,21). The number of halogens is 1. The Labute approximate surface area is 146 Å². The van der Waals surface area contributed by atoms with Gasteiger partial charge in [0, 0.05) is 16.8 Å². The molecule has 0 radical (unpaired) electrons. The van der Waals surface area contributed by atoms with E-state index in [4.69, 9.17) is 21.6 Å². The topological polar surface area (TPSA) is 122 Å². The zero-order chi connectivity index (χ0) is 18.4. The average molecular weight is 360 g/mol. The number of carbonyl (C=O) groups is 2. The number of ether oxygens (including phenoxy) is 1. The largest absolute Gasteiger partial charge is 0.452 e. The Balaban J connectivity index is 2.02. The molecule has 2 aromatic rings. The second kappa shape index (κ2) is 7.90. The Kier molecular flexibility index (Phi) is 5.66. The van der Waals surface area contributed by atoms with Crippen LogP contribution in [0.15, 0.2) is 42.5 Å². The van der Waals surface area contributed by atoms with Gasteiger partial charge >= 0.3 is 5.97 Å². The summed E-state index contributed by atoms with van der Waals surface area (Å²) in [4.78, 5) is 34.0. The van der Waals surface area contributed by atoms with Crippen molar-refractivity contribution >= 4 is 34.9 Å². The Bertz CT molecular complexity index is 892. The lowest BCUT2D eigenvalue weighted by atomic mass is 10.2. The minimum absolute atomic E-state index is 0.121. The molecule has 0 aliphatic heterocycles. The minimum atomic E-state index is -1.05. The van der Waals surface area contributed by atoms with Crippen molar-refractivity contribution in [1.82, 2.24) is 0 Å². The van der Waals surface area contributed by atoms with Crippen molar-refractivity contribution in [3.8, 4) is 6.07 Å². The molecule has 0 fully saturated rings. The van der Waals surface area contributed by atoms with E-state index in [-0.39, 0.29) is 10.6 Å². The molecule has 0 saturated heterocycles. The molecule has 126 valence electrons. The third-order valence-corrected chi connectivity index (χ3v) is 3.22. The van der Waals surface area contributed by atoms with Crippen LogP contribution >= 0.6 is 11.6 Å². The van der Waals surface area contributed by atoms with Gasteiger partial charge in [-0.25, -0.2) is 4.79 Å². The van der Waals surface area contributed by atoms with Gasteiger partial charge in [0.2, 0.25) is 0 Å². The van der Waals surface area contributed by atoms with Crippen LogP contribution in [-0.2, 0) is 9.53 Å². The predicted octanol–water partition coefficient (Wildman–Crippen LogP) is 2.92. The number of anilines is 1. The Morgan fingerprint density at radius 2 is 2.04 bits per heavy atom. The van der Waals surface area contributed by atoms with Crippen molar-refractivity contribution < 1.29 is 19.2 Å². The smallest absolute Gasteiger partial charge is 0.345 e. The quantitative estimate of drug-likeness (QED) is 0.497. The number of nitriles is 1. The SMILES string of the molecule is N#Cc1cccc(NC(=O)COC(=O)c2cc(Cl)ccc2[N+](=O)[O-])c1. The molecule has 1 N–H and O–H groups in total. The summed E-state index contributed by atoms with van der Waals surface area (Å²) in [5, 5.41) is 22.3. The zero-order valence-electron chi connectivity index (χ0n) is 12.6.